The van der Waals surface area contributed by atoms with Crippen LogP contribution in [0.2, 0.25) is 0 Å². The molecule has 1 aromatic rings. The molecule has 1 rings (SSSR count). The summed E-state index contributed by atoms with van der Waals surface area (Å²) in [6.45, 7) is 6.48. The second-order valence-electron chi connectivity index (χ2n) is 5.92. The minimum atomic E-state index is -0.475. The third-order valence-corrected chi connectivity index (χ3v) is 4.06. The summed E-state index contributed by atoms with van der Waals surface area (Å²) in [6.07, 6.45) is 2.07. The Balaban J connectivity index is 2.66. The molecule has 1 aromatic carbocycles. The Morgan fingerprint density at radius 2 is 1.89 bits per heavy atom. The van der Waals surface area contributed by atoms with Gasteiger partial charge in [-0.25, -0.2) is 8.78 Å². The van der Waals surface area contributed by atoms with Crippen molar-refractivity contribution < 1.29 is 8.78 Å². The normalized spacial score (nSPS) is 13.6. The molecule has 0 heterocycles. The maximum absolute atomic E-state index is 13.8. The molecule has 0 bridgehead atoms. The molecule has 1 N–H and O–H groups in total. The van der Waals surface area contributed by atoms with E-state index in [-0.39, 0.29) is 11.0 Å². The van der Waals surface area contributed by atoms with Gasteiger partial charge < -0.3 is 5.32 Å². The molecule has 19 heavy (non-hydrogen) atoms. The summed E-state index contributed by atoms with van der Waals surface area (Å²) in [7, 11) is 1.93. The number of rotatable bonds is 5. The standard InChI is InChI=1S/C15H22BrF2N/c1-15(2,3)13(19-4)7-5-6-10-12(17)9-8-11(16)14(10)18/h8-9,13,19H,5-7H2,1-4H3. The molecule has 0 saturated carbocycles. The van der Waals surface area contributed by atoms with Crippen molar-refractivity contribution >= 4 is 15.9 Å². The summed E-state index contributed by atoms with van der Waals surface area (Å²) in [4.78, 5) is 0. The van der Waals surface area contributed by atoms with Crippen LogP contribution in [0.5, 0.6) is 0 Å². The monoisotopic (exact) mass is 333 g/mol. The molecule has 4 heteroatoms. The van der Waals surface area contributed by atoms with Crippen molar-refractivity contribution in [2.75, 3.05) is 7.05 Å². The maximum atomic E-state index is 13.8. The van der Waals surface area contributed by atoms with E-state index in [2.05, 4.69) is 42.0 Å². The number of halogens is 3. The van der Waals surface area contributed by atoms with Gasteiger partial charge in [0.1, 0.15) is 11.6 Å². The van der Waals surface area contributed by atoms with E-state index < -0.39 is 11.6 Å². The Morgan fingerprint density at radius 1 is 1.26 bits per heavy atom. The molecule has 0 aromatic heterocycles. The SMILES string of the molecule is CNC(CCCc1c(F)ccc(Br)c1F)C(C)(C)C. The number of benzene rings is 1. The first-order valence-corrected chi connectivity index (χ1v) is 7.36. The molecular weight excluding hydrogens is 312 g/mol. The number of hydrogen-bond donors (Lipinski definition) is 1. The van der Waals surface area contributed by atoms with Crippen LogP contribution in [0.25, 0.3) is 0 Å². The summed E-state index contributed by atoms with van der Waals surface area (Å²) >= 11 is 3.09. The molecule has 0 aliphatic heterocycles. The maximum Gasteiger partial charge on any atom is 0.143 e. The fourth-order valence-corrected chi connectivity index (χ4v) is 2.66. The lowest BCUT2D eigenvalue weighted by atomic mass is 9.83. The summed E-state index contributed by atoms with van der Waals surface area (Å²) < 4.78 is 27.7. The van der Waals surface area contributed by atoms with Crippen LogP contribution in [-0.4, -0.2) is 13.1 Å². The average molecular weight is 334 g/mol. The van der Waals surface area contributed by atoms with Gasteiger partial charge in [-0.15, -0.1) is 0 Å². The van der Waals surface area contributed by atoms with Crippen LogP contribution in [0.3, 0.4) is 0 Å². The molecule has 0 aliphatic carbocycles. The van der Waals surface area contributed by atoms with Crippen molar-refractivity contribution in [1.29, 1.82) is 0 Å². The van der Waals surface area contributed by atoms with E-state index in [1.54, 1.807) is 0 Å². The van der Waals surface area contributed by atoms with E-state index in [4.69, 9.17) is 0 Å². The van der Waals surface area contributed by atoms with E-state index in [0.29, 0.717) is 16.9 Å². The predicted octanol–water partition coefficient (Wildman–Crippen LogP) is 4.68. The molecule has 108 valence electrons. The Kier molecular flexibility index (Phi) is 5.93. The zero-order chi connectivity index (χ0) is 14.6. The minimum absolute atomic E-state index is 0.142. The lowest BCUT2D eigenvalue weighted by molar-refractivity contribution is 0.263. The van der Waals surface area contributed by atoms with Gasteiger partial charge in [-0.2, -0.15) is 0 Å². The number of nitrogens with one attached hydrogen (secondary N) is 1. The fraction of sp³-hybridized carbons (Fsp3) is 0.600. The van der Waals surface area contributed by atoms with Gasteiger partial charge in [0.15, 0.2) is 0 Å². The highest BCUT2D eigenvalue weighted by Gasteiger charge is 2.22. The third kappa shape index (κ3) is 4.53. The first-order chi connectivity index (χ1) is 8.77. The van der Waals surface area contributed by atoms with E-state index in [0.717, 1.165) is 12.8 Å². The summed E-state index contributed by atoms with van der Waals surface area (Å²) in [5, 5.41) is 3.27. The second kappa shape index (κ2) is 6.80. The van der Waals surface area contributed by atoms with Gasteiger partial charge in [0.25, 0.3) is 0 Å². The van der Waals surface area contributed by atoms with Crippen molar-refractivity contribution in [3.05, 3.63) is 33.8 Å². The van der Waals surface area contributed by atoms with Gasteiger partial charge in [-0.1, -0.05) is 20.8 Å². The minimum Gasteiger partial charge on any atom is -0.316 e. The van der Waals surface area contributed by atoms with E-state index in [9.17, 15) is 8.78 Å². The quantitative estimate of drug-likeness (QED) is 0.771. The Hall–Kier alpha value is -0.480. The van der Waals surface area contributed by atoms with Crippen LogP contribution in [-0.2, 0) is 6.42 Å². The van der Waals surface area contributed by atoms with Crippen LogP contribution >= 0.6 is 15.9 Å². The lowest BCUT2D eigenvalue weighted by Crippen LogP contribution is -2.37. The van der Waals surface area contributed by atoms with Crippen molar-refractivity contribution in [2.45, 2.75) is 46.1 Å². The first-order valence-electron chi connectivity index (χ1n) is 6.57. The lowest BCUT2D eigenvalue weighted by Gasteiger charge is -2.30. The molecule has 0 spiro atoms. The largest absolute Gasteiger partial charge is 0.316 e. The van der Waals surface area contributed by atoms with E-state index in [1.165, 1.54) is 12.1 Å². The zero-order valence-electron chi connectivity index (χ0n) is 12.0. The number of hydrogen-bond acceptors (Lipinski definition) is 1. The molecule has 0 fully saturated rings. The summed E-state index contributed by atoms with van der Waals surface area (Å²) in [5.41, 5.74) is 0.321. The first kappa shape index (κ1) is 16.6. The smallest absolute Gasteiger partial charge is 0.143 e. The molecule has 1 unspecified atom stereocenters. The van der Waals surface area contributed by atoms with Gasteiger partial charge in [-0.05, 0) is 59.8 Å². The van der Waals surface area contributed by atoms with E-state index in [1.807, 2.05) is 7.05 Å². The van der Waals surface area contributed by atoms with Crippen molar-refractivity contribution in [2.24, 2.45) is 5.41 Å². The van der Waals surface area contributed by atoms with Gasteiger partial charge in [0.05, 0.1) is 4.47 Å². The van der Waals surface area contributed by atoms with Crippen LogP contribution in [0.4, 0.5) is 8.78 Å². The molecular formula is C15H22BrF2N. The van der Waals surface area contributed by atoms with E-state index >= 15 is 0 Å². The molecule has 0 saturated heterocycles. The highest BCUT2D eigenvalue weighted by atomic mass is 79.9. The Bertz CT molecular complexity index is 427. The summed E-state index contributed by atoms with van der Waals surface area (Å²) in [5.74, 6) is -0.936. The molecule has 0 aliphatic rings. The molecule has 0 radical (unpaired) electrons. The topological polar surface area (TPSA) is 12.0 Å². The zero-order valence-corrected chi connectivity index (χ0v) is 13.6. The molecule has 1 nitrogen and oxygen atoms in total. The van der Waals surface area contributed by atoms with Gasteiger partial charge in [0, 0.05) is 11.6 Å². The average Bonchev–Trinajstić information content (AvgIpc) is 2.31. The Labute approximate surface area is 122 Å². The second-order valence-corrected chi connectivity index (χ2v) is 6.78. The van der Waals surface area contributed by atoms with Gasteiger partial charge >= 0.3 is 0 Å². The predicted molar refractivity (Wildman–Crippen MR) is 79.3 cm³/mol. The van der Waals surface area contributed by atoms with Crippen LogP contribution < -0.4 is 5.32 Å². The molecule has 1 atom stereocenters. The highest BCUT2D eigenvalue weighted by molar-refractivity contribution is 9.10. The van der Waals surface area contributed by atoms with Gasteiger partial charge in [0.2, 0.25) is 0 Å². The molecule has 0 amide bonds. The third-order valence-electron chi connectivity index (χ3n) is 3.45. The van der Waals surface area contributed by atoms with Crippen LogP contribution in [0.1, 0.15) is 39.2 Å². The summed E-state index contributed by atoms with van der Waals surface area (Å²) in [6, 6.07) is 3.05. The van der Waals surface area contributed by atoms with Crippen molar-refractivity contribution in [3.8, 4) is 0 Å². The van der Waals surface area contributed by atoms with Crippen LogP contribution in [0, 0.1) is 17.0 Å². The van der Waals surface area contributed by atoms with Crippen LogP contribution in [0.15, 0.2) is 16.6 Å². The highest BCUT2D eigenvalue weighted by Crippen LogP contribution is 2.26. The van der Waals surface area contributed by atoms with Gasteiger partial charge in [-0.3, -0.25) is 0 Å². The van der Waals surface area contributed by atoms with Crippen molar-refractivity contribution in [1.82, 2.24) is 5.32 Å². The Morgan fingerprint density at radius 3 is 2.42 bits per heavy atom. The van der Waals surface area contributed by atoms with Crippen molar-refractivity contribution in [3.63, 3.8) is 0 Å². The fourth-order valence-electron chi connectivity index (χ4n) is 2.29.